The summed E-state index contributed by atoms with van der Waals surface area (Å²) in [6, 6.07) is 0. The molecule has 237 valence electrons. The summed E-state index contributed by atoms with van der Waals surface area (Å²) in [5.74, 6) is -7.33. The van der Waals surface area contributed by atoms with Crippen LogP contribution in [0, 0.1) is 11.8 Å². The molecule has 0 rings (SSSR count). The SMILES string of the molecule is CCCCC(CC)CC(CC(=O)O)(C(=O)O)S(=O)(=O)O.CCCCC(CC)CC(CC(=O)O)(C(=O)O)S(=O)(=O)O.[Na]. The molecule has 0 bridgehead atoms. The molecule has 14 nitrogen and oxygen atoms in total. The van der Waals surface area contributed by atoms with Gasteiger partial charge in [-0.1, -0.05) is 79.1 Å². The molecule has 4 atom stereocenters. The normalized spacial score (nSPS) is 16.0. The molecule has 4 unspecified atom stereocenters. The van der Waals surface area contributed by atoms with Crippen LogP contribution in [0.5, 0.6) is 0 Å². The minimum Gasteiger partial charge on any atom is -0.481 e. The van der Waals surface area contributed by atoms with Crippen LogP contribution in [0.1, 0.15) is 105 Å². The van der Waals surface area contributed by atoms with E-state index in [0.29, 0.717) is 25.7 Å². The molecular formula is C24H44NaO14S2. The van der Waals surface area contributed by atoms with Crippen LogP contribution in [0.3, 0.4) is 0 Å². The first-order valence-corrected chi connectivity index (χ1v) is 15.9. The number of carbonyl (C=O) groups is 4. The third-order valence-corrected chi connectivity index (χ3v) is 9.91. The molecule has 6 N–H and O–H groups in total. The van der Waals surface area contributed by atoms with Gasteiger partial charge in [0.05, 0.1) is 12.8 Å². The van der Waals surface area contributed by atoms with E-state index in [0.717, 1.165) is 25.7 Å². The van der Waals surface area contributed by atoms with Gasteiger partial charge in [-0.05, 0) is 24.7 Å². The zero-order chi connectivity index (χ0) is 31.9. The van der Waals surface area contributed by atoms with E-state index < -0.39 is 79.3 Å². The zero-order valence-electron chi connectivity index (χ0n) is 24.4. The molecule has 0 spiro atoms. The topological polar surface area (TPSA) is 258 Å². The molecule has 0 heterocycles. The Balaban J connectivity index is -0.000000688. The molecule has 1 radical (unpaired) electrons. The number of unbranched alkanes of at least 4 members (excludes halogenated alkanes) is 2. The van der Waals surface area contributed by atoms with Crippen LogP contribution in [0.15, 0.2) is 0 Å². The Bertz CT molecular complexity index is 976. The molecule has 0 fully saturated rings. The van der Waals surface area contributed by atoms with Crippen LogP contribution in [-0.4, -0.2) is 109 Å². The summed E-state index contributed by atoms with van der Waals surface area (Å²) in [7, 11) is -10.1. The Hall–Kier alpha value is -1.30. The fraction of sp³-hybridized carbons (Fsp3) is 0.833. The van der Waals surface area contributed by atoms with Gasteiger partial charge in [-0.15, -0.1) is 0 Å². The maximum Gasteiger partial charge on any atom is 0.328 e. The minimum atomic E-state index is -5.03. The van der Waals surface area contributed by atoms with E-state index >= 15 is 0 Å². The van der Waals surface area contributed by atoms with E-state index in [9.17, 15) is 55.3 Å². The van der Waals surface area contributed by atoms with Gasteiger partial charge in [0.2, 0.25) is 9.49 Å². The van der Waals surface area contributed by atoms with Gasteiger partial charge in [0.25, 0.3) is 20.2 Å². The van der Waals surface area contributed by atoms with Crippen molar-refractivity contribution >= 4 is 73.7 Å². The van der Waals surface area contributed by atoms with E-state index in [1.165, 1.54) is 0 Å². The van der Waals surface area contributed by atoms with E-state index in [-0.39, 0.29) is 41.4 Å². The van der Waals surface area contributed by atoms with Gasteiger partial charge < -0.3 is 20.4 Å². The average molecular weight is 644 g/mol. The standard InChI is InChI=1S/2C12H22O7S.Na/c2*1-3-5-6-9(4-2)7-12(11(15)16,8-10(13)14)20(17,18)19;/h2*9H,3-8H2,1-2H3,(H,13,14)(H,15,16)(H,17,18,19);. The number of aliphatic carboxylic acids is 4. The first-order valence-electron chi connectivity index (χ1n) is 13.1. The van der Waals surface area contributed by atoms with Gasteiger partial charge in [0.1, 0.15) is 0 Å². The second-order valence-electron chi connectivity index (χ2n) is 9.93. The van der Waals surface area contributed by atoms with Gasteiger partial charge >= 0.3 is 23.9 Å². The van der Waals surface area contributed by atoms with Gasteiger partial charge in [-0.3, -0.25) is 28.3 Å². The summed E-state index contributed by atoms with van der Waals surface area (Å²) in [5.41, 5.74) is 0. The number of hydrogen-bond acceptors (Lipinski definition) is 8. The molecular weight excluding hydrogens is 599 g/mol. The average Bonchev–Trinajstić information content (AvgIpc) is 2.80. The third kappa shape index (κ3) is 14.1. The molecule has 0 saturated heterocycles. The molecule has 0 saturated carbocycles. The predicted molar refractivity (Wildman–Crippen MR) is 150 cm³/mol. The van der Waals surface area contributed by atoms with Crippen LogP contribution >= 0.6 is 0 Å². The largest absolute Gasteiger partial charge is 0.481 e. The number of carboxylic acid groups (broad SMARTS) is 4. The van der Waals surface area contributed by atoms with Crippen molar-refractivity contribution in [2.24, 2.45) is 11.8 Å². The molecule has 0 aromatic rings. The van der Waals surface area contributed by atoms with E-state index in [1.807, 2.05) is 13.8 Å². The summed E-state index contributed by atoms with van der Waals surface area (Å²) in [5, 5.41) is 35.9. The van der Waals surface area contributed by atoms with Crippen molar-refractivity contribution in [2.75, 3.05) is 0 Å². The Morgan fingerprint density at radius 2 is 0.878 bits per heavy atom. The molecule has 0 amide bonds. The summed E-state index contributed by atoms with van der Waals surface area (Å²) in [6.45, 7) is 7.43. The Morgan fingerprint density at radius 1 is 0.610 bits per heavy atom. The van der Waals surface area contributed by atoms with Crippen molar-refractivity contribution in [3.8, 4) is 0 Å². The fourth-order valence-corrected chi connectivity index (χ4v) is 6.34. The predicted octanol–water partition coefficient (Wildman–Crippen LogP) is 3.18. The molecule has 0 aromatic heterocycles. The molecule has 0 aromatic carbocycles. The molecule has 0 aliphatic carbocycles. The minimum absolute atomic E-state index is 0. The summed E-state index contributed by atoms with van der Waals surface area (Å²) in [6.07, 6.45) is 2.42. The molecule has 0 aliphatic rings. The van der Waals surface area contributed by atoms with Crippen LogP contribution in [0.25, 0.3) is 0 Å². The second kappa shape index (κ2) is 19.8. The maximum atomic E-state index is 11.5. The van der Waals surface area contributed by atoms with Gasteiger partial charge in [0.15, 0.2) is 0 Å². The zero-order valence-corrected chi connectivity index (χ0v) is 28.0. The second-order valence-corrected chi connectivity index (χ2v) is 13.4. The van der Waals surface area contributed by atoms with Gasteiger partial charge in [0, 0.05) is 29.6 Å². The van der Waals surface area contributed by atoms with Crippen molar-refractivity contribution in [1.29, 1.82) is 0 Å². The van der Waals surface area contributed by atoms with E-state index in [2.05, 4.69) is 0 Å². The van der Waals surface area contributed by atoms with Crippen molar-refractivity contribution in [3.05, 3.63) is 0 Å². The van der Waals surface area contributed by atoms with Crippen LogP contribution in [-0.2, 0) is 39.4 Å². The monoisotopic (exact) mass is 643 g/mol. The number of carboxylic acids is 4. The van der Waals surface area contributed by atoms with Crippen LogP contribution in [0.4, 0.5) is 0 Å². The van der Waals surface area contributed by atoms with Crippen molar-refractivity contribution in [1.82, 2.24) is 0 Å². The maximum absolute atomic E-state index is 11.5. The van der Waals surface area contributed by atoms with E-state index in [4.69, 9.17) is 10.2 Å². The Morgan fingerprint density at radius 3 is 1.02 bits per heavy atom. The van der Waals surface area contributed by atoms with Gasteiger partial charge in [-0.2, -0.15) is 16.8 Å². The first-order chi connectivity index (χ1) is 18.2. The van der Waals surface area contributed by atoms with Crippen molar-refractivity contribution in [2.45, 2.75) is 114 Å². The van der Waals surface area contributed by atoms with Gasteiger partial charge in [-0.25, -0.2) is 0 Å². The molecule has 17 heteroatoms. The van der Waals surface area contributed by atoms with Crippen molar-refractivity contribution in [3.63, 3.8) is 0 Å². The van der Waals surface area contributed by atoms with Crippen LogP contribution < -0.4 is 0 Å². The van der Waals surface area contributed by atoms with Crippen LogP contribution in [0.2, 0.25) is 0 Å². The first kappa shape index (κ1) is 44.1. The summed E-state index contributed by atoms with van der Waals surface area (Å²) in [4.78, 5) is 44.3. The summed E-state index contributed by atoms with van der Waals surface area (Å²) >= 11 is 0. The number of rotatable bonds is 20. The van der Waals surface area contributed by atoms with E-state index in [1.54, 1.807) is 13.8 Å². The number of hydrogen-bond donors (Lipinski definition) is 6. The third-order valence-electron chi connectivity index (χ3n) is 6.96. The molecule has 0 aliphatic heterocycles. The Kier molecular flexibility index (Phi) is 21.3. The fourth-order valence-electron chi connectivity index (χ4n) is 4.39. The quantitative estimate of drug-likeness (QED) is 0.0822. The smallest absolute Gasteiger partial charge is 0.328 e. The Labute approximate surface area is 264 Å². The summed E-state index contributed by atoms with van der Waals surface area (Å²) < 4.78 is 59.0. The molecule has 41 heavy (non-hydrogen) atoms. The van der Waals surface area contributed by atoms with Crippen molar-refractivity contribution < 1.29 is 65.5 Å².